The molecule has 0 atom stereocenters. The van der Waals surface area contributed by atoms with Crippen LogP contribution < -0.4 is 5.73 Å². The number of hydrogen-bond acceptors (Lipinski definition) is 4. The van der Waals surface area contributed by atoms with Crippen molar-refractivity contribution in [2.24, 2.45) is 5.73 Å². The molecule has 1 aliphatic rings. The summed E-state index contributed by atoms with van der Waals surface area (Å²) in [5.74, 6) is 0.889. The molecule has 2 heterocycles. The monoisotopic (exact) mass is 193 g/mol. The van der Waals surface area contributed by atoms with Crippen LogP contribution in [0.25, 0.3) is 0 Å². The van der Waals surface area contributed by atoms with Gasteiger partial charge in [0.05, 0.1) is 18.9 Å². The molecule has 1 aromatic rings. The van der Waals surface area contributed by atoms with Crippen molar-refractivity contribution in [3.05, 3.63) is 23.3 Å². The molecule has 1 aliphatic heterocycles. The first-order valence-electron chi connectivity index (χ1n) is 5.01. The van der Waals surface area contributed by atoms with E-state index in [1.165, 1.54) is 5.56 Å². The third-order valence-corrected chi connectivity index (χ3v) is 2.36. The average Bonchev–Trinajstić information content (AvgIpc) is 2.26. The zero-order valence-corrected chi connectivity index (χ0v) is 8.20. The molecule has 4 nitrogen and oxygen atoms in total. The Hall–Kier alpha value is -1.00. The van der Waals surface area contributed by atoms with E-state index < -0.39 is 0 Å². The van der Waals surface area contributed by atoms with Crippen molar-refractivity contribution < 1.29 is 4.74 Å². The van der Waals surface area contributed by atoms with Crippen molar-refractivity contribution in [3.8, 4) is 0 Å². The van der Waals surface area contributed by atoms with E-state index in [0.717, 1.165) is 37.4 Å². The van der Waals surface area contributed by atoms with E-state index in [0.29, 0.717) is 13.2 Å². The van der Waals surface area contributed by atoms with Crippen LogP contribution in [0.4, 0.5) is 0 Å². The number of fused-ring (bicyclic) bond motifs is 1. The van der Waals surface area contributed by atoms with Crippen LogP contribution in [-0.2, 0) is 24.2 Å². The Balaban J connectivity index is 2.12. The Kier molecular flexibility index (Phi) is 3.06. The van der Waals surface area contributed by atoms with E-state index in [4.69, 9.17) is 10.5 Å². The van der Waals surface area contributed by atoms with Gasteiger partial charge < -0.3 is 10.5 Å². The van der Waals surface area contributed by atoms with Crippen molar-refractivity contribution in [3.63, 3.8) is 0 Å². The molecule has 0 amide bonds. The molecule has 0 saturated heterocycles. The number of ether oxygens (including phenoxy) is 1. The van der Waals surface area contributed by atoms with Crippen molar-refractivity contribution in [2.45, 2.75) is 25.9 Å². The molecule has 0 saturated carbocycles. The molecule has 76 valence electrons. The fraction of sp³-hybridized carbons (Fsp3) is 0.600. The maximum absolute atomic E-state index is 5.43. The number of aromatic nitrogens is 2. The molecule has 4 heteroatoms. The van der Waals surface area contributed by atoms with Crippen LogP contribution in [0.15, 0.2) is 6.20 Å². The van der Waals surface area contributed by atoms with Gasteiger partial charge >= 0.3 is 0 Å². The van der Waals surface area contributed by atoms with E-state index in [1.54, 1.807) is 0 Å². The summed E-state index contributed by atoms with van der Waals surface area (Å²) in [6.45, 7) is 2.11. The largest absolute Gasteiger partial charge is 0.375 e. The van der Waals surface area contributed by atoms with Crippen LogP contribution in [0.5, 0.6) is 0 Å². The van der Waals surface area contributed by atoms with Gasteiger partial charge in [-0.15, -0.1) is 0 Å². The molecule has 1 aromatic heterocycles. The van der Waals surface area contributed by atoms with Gasteiger partial charge in [-0.25, -0.2) is 9.97 Å². The quantitative estimate of drug-likeness (QED) is 0.756. The third-order valence-electron chi connectivity index (χ3n) is 2.36. The highest BCUT2D eigenvalue weighted by atomic mass is 16.5. The minimum Gasteiger partial charge on any atom is -0.375 e. The minimum absolute atomic E-state index is 0.632. The van der Waals surface area contributed by atoms with Gasteiger partial charge in [0.2, 0.25) is 0 Å². The summed E-state index contributed by atoms with van der Waals surface area (Å²) in [6.07, 6.45) is 4.67. The smallest absolute Gasteiger partial charge is 0.128 e. The van der Waals surface area contributed by atoms with Crippen LogP contribution in [0.1, 0.15) is 23.5 Å². The lowest BCUT2D eigenvalue weighted by atomic mass is 10.1. The van der Waals surface area contributed by atoms with Crippen LogP contribution in [0, 0.1) is 0 Å². The summed E-state index contributed by atoms with van der Waals surface area (Å²) >= 11 is 0. The number of hydrogen-bond donors (Lipinski definition) is 1. The van der Waals surface area contributed by atoms with Gasteiger partial charge in [-0.3, -0.25) is 0 Å². The van der Waals surface area contributed by atoms with Crippen molar-refractivity contribution in [1.29, 1.82) is 0 Å². The van der Waals surface area contributed by atoms with Crippen molar-refractivity contribution in [1.82, 2.24) is 9.97 Å². The van der Waals surface area contributed by atoms with Gasteiger partial charge in [-0.1, -0.05) is 0 Å². The highest BCUT2D eigenvalue weighted by molar-refractivity contribution is 5.18. The van der Waals surface area contributed by atoms with Gasteiger partial charge in [-0.05, 0) is 24.9 Å². The zero-order chi connectivity index (χ0) is 9.80. The fourth-order valence-corrected chi connectivity index (χ4v) is 1.55. The van der Waals surface area contributed by atoms with E-state index in [1.807, 2.05) is 6.20 Å². The standard InChI is InChI=1S/C10H15N3O/c11-4-1-2-10-12-6-8-3-5-14-7-9(8)13-10/h6H,1-5,7,11H2. The van der Waals surface area contributed by atoms with Gasteiger partial charge in [0.1, 0.15) is 5.82 Å². The number of nitrogens with two attached hydrogens (primary N) is 1. The molecule has 0 bridgehead atoms. The molecule has 14 heavy (non-hydrogen) atoms. The second-order valence-corrected chi connectivity index (χ2v) is 3.45. The minimum atomic E-state index is 0.632. The lowest BCUT2D eigenvalue weighted by Gasteiger charge is -2.15. The molecule has 0 spiro atoms. The Morgan fingerprint density at radius 3 is 3.29 bits per heavy atom. The Morgan fingerprint density at radius 1 is 1.50 bits per heavy atom. The predicted octanol–water partition coefficient (Wildman–Crippen LogP) is 0.441. The summed E-state index contributed by atoms with van der Waals surface area (Å²) in [4.78, 5) is 8.77. The Bertz CT molecular complexity index is 314. The highest BCUT2D eigenvalue weighted by Gasteiger charge is 2.11. The summed E-state index contributed by atoms with van der Waals surface area (Å²) in [6, 6.07) is 0. The maximum atomic E-state index is 5.43. The van der Waals surface area contributed by atoms with E-state index in [2.05, 4.69) is 9.97 Å². The topological polar surface area (TPSA) is 61.0 Å². The van der Waals surface area contributed by atoms with Gasteiger partial charge in [-0.2, -0.15) is 0 Å². The summed E-state index contributed by atoms with van der Waals surface area (Å²) in [5.41, 5.74) is 7.72. The van der Waals surface area contributed by atoms with Crippen LogP contribution in [0.3, 0.4) is 0 Å². The Morgan fingerprint density at radius 2 is 2.43 bits per heavy atom. The molecule has 0 aliphatic carbocycles. The van der Waals surface area contributed by atoms with Crippen LogP contribution >= 0.6 is 0 Å². The lowest BCUT2D eigenvalue weighted by molar-refractivity contribution is 0.107. The summed E-state index contributed by atoms with van der Waals surface area (Å²) in [5, 5.41) is 0. The van der Waals surface area contributed by atoms with Gasteiger partial charge in [0, 0.05) is 12.6 Å². The van der Waals surface area contributed by atoms with Crippen molar-refractivity contribution in [2.75, 3.05) is 13.2 Å². The second kappa shape index (κ2) is 4.48. The summed E-state index contributed by atoms with van der Waals surface area (Å²) in [7, 11) is 0. The number of rotatable bonds is 3. The van der Waals surface area contributed by atoms with E-state index in [-0.39, 0.29) is 0 Å². The number of aryl methyl sites for hydroxylation is 1. The Labute approximate surface area is 83.5 Å². The molecule has 0 aromatic carbocycles. The van der Waals surface area contributed by atoms with E-state index in [9.17, 15) is 0 Å². The van der Waals surface area contributed by atoms with Crippen molar-refractivity contribution >= 4 is 0 Å². The predicted molar refractivity (Wildman–Crippen MR) is 52.8 cm³/mol. The zero-order valence-electron chi connectivity index (χ0n) is 8.20. The van der Waals surface area contributed by atoms with Crippen LogP contribution in [-0.4, -0.2) is 23.1 Å². The molecular formula is C10H15N3O. The first kappa shape index (κ1) is 9.55. The molecule has 2 rings (SSSR count). The van der Waals surface area contributed by atoms with E-state index >= 15 is 0 Å². The first-order chi connectivity index (χ1) is 6.90. The SMILES string of the molecule is NCCCc1ncc2c(n1)COCC2. The lowest BCUT2D eigenvalue weighted by Crippen LogP contribution is -2.14. The normalized spacial score (nSPS) is 15.2. The molecule has 0 radical (unpaired) electrons. The third kappa shape index (κ3) is 2.08. The maximum Gasteiger partial charge on any atom is 0.128 e. The summed E-state index contributed by atoms with van der Waals surface area (Å²) < 4.78 is 5.34. The molecule has 0 fully saturated rings. The average molecular weight is 193 g/mol. The van der Waals surface area contributed by atoms with Gasteiger partial charge in [0.15, 0.2) is 0 Å². The molecule has 2 N–H and O–H groups in total. The first-order valence-corrected chi connectivity index (χ1v) is 5.01. The number of nitrogens with zero attached hydrogens (tertiary/aromatic N) is 2. The second-order valence-electron chi connectivity index (χ2n) is 3.45. The fourth-order valence-electron chi connectivity index (χ4n) is 1.55. The van der Waals surface area contributed by atoms with Crippen LogP contribution in [0.2, 0.25) is 0 Å². The van der Waals surface area contributed by atoms with Gasteiger partial charge in [0.25, 0.3) is 0 Å². The molecule has 0 unspecified atom stereocenters. The highest BCUT2D eigenvalue weighted by Crippen LogP contribution is 2.13. The molecular weight excluding hydrogens is 178 g/mol.